The van der Waals surface area contributed by atoms with E-state index in [1.165, 1.54) is 0 Å². The fourth-order valence-corrected chi connectivity index (χ4v) is 0.669. The highest BCUT2D eigenvalue weighted by molar-refractivity contribution is 5.26. The van der Waals surface area contributed by atoms with Crippen LogP contribution in [0.1, 0.15) is 6.92 Å². The van der Waals surface area contributed by atoms with Crippen molar-refractivity contribution in [2.75, 3.05) is 0 Å². The SMILES string of the molecule is CC1(C#N)N=NC12N=N2. The molecule has 0 N–H and O–H groups in total. The van der Waals surface area contributed by atoms with Crippen molar-refractivity contribution in [1.82, 2.24) is 0 Å². The lowest BCUT2D eigenvalue weighted by Crippen LogP contribution is -2.44. The van der Waals surface area contributed by atoms with Crippen LogP contribution in [0.5, 0.6) is 0 Å². The molecule has 0 aromatic heterocycles. The van der Waals surface area contributed by atoms with Gasteiger partial charge in [0.25, 0.3) is 0 Å². The molecule has 5 nitrogen and oxygen atoms in total. The maximum absolute atomic E-state index is 8.50. The first-order valence-corrected chi connectivity index (χ1v) is 2.52. The van der Waals surface area contributed by atoms with Gasteiger partial charge in [0.15, 0.2) is 0 Å². The van der Waals surface area contributed by atoms with Gasteiger partial charge in [-0.1, -0.05) is 0 Å². The van der Waals surface area contributed by atoms with Crippen molar-refractivity contribution in [3.63, 3.8) is 0 Å². The van der Waals surface area contributed by atoms with Gasteiger partial charge in [-0.2, -0.15) is 10.4 Å². The van der Waals surface area contributed by atoms with Gasteiger partial charge in [-0.15, -0.1) is 15.3 Å². The smallest absolute Gasteiger partial charge is 0.195 e. The van der Waals surface area contributed by atoms with Crippen molar-refractivity contribution in [2.45, 2.75) is 18.2 Å². The third kappa shape index (κ3) is 0.286. The lowest BCUT2D eigenvalue weighted by atomic mass is 9.96. The van der Waals surface area contributed by atoms with Crippen molar-refractivity contribution in [3.05, 3.63) is 0 Å². The molecule has 2 rings (SSSR count). The Kier molecular flexibility index (Phi) is 0.446. The van der Waals surface area contributed by atoms with Gasteiger partial charge in [0.2, 0.25) is 5.54 Å². The van der Waals surface area contributed by atoms with E-state index in [9.17, 15) is 0 Å². The first kappa shape index (κ1) is 4.56. The summed E-state index contributed by atoms with van der Waals surface area (Å²) in [6, 6.07) is 1.98. The van der Waals surface area contributed by atoms with Crippen LogP contribution < -0.4 is 0 Å². The van der Waals surface area contributed by atoms with Crippen LogP contribution in [-0.4, -0.2) is 11.3 Å². The number of nitrogens with zero attached hydrogens (tertiary/aromatic N) is 5. The van der Waals surface area contributed by atoms with E-state index in [1.807, 2.05) is 6.07 Å². The average Bonchev–Trinajstić information content (AvgIpc) is 2.63. The second kappa shape index (κ2) is 0.880. The highest BCUT2D eigenvalue weighted by Crippen LogP contribution is 2.49. The summed E-state index contributed by atoms with van der Waals surface area (Å²) in [5.41, 5.74) is -0.799. The highest BCUT2D eigenvalue weighted by atomic mass is 15.7. The minimum absolute atomic E-state index is 0.776. The first-order valence-electron chi connectivity index (χ1n) is 2.52. The molecule has 9 heavy (non-hydrogen) atoms. The van der Waals surface area contributed by atoms with Crippen LogP contribution in [0.4, 0.5) is 0 Å². The van der Waals surface area contributed by atoms with Crippen molar-refractivity contribution >= 4 is 0 Å². The Bertz CT molecular complexity index is 253. The molecule has 0 saturated heterocycles. The molecule has 5 heteroatoms. The van der Waals surface area contributed by atoms with E-state index in [0.29, 0.717) is 0 Å². The number of hydrogen-bond donors (Lipinski definition) is 0. The van der Waals surface area contributed by atoms with Crippen LogP contribution in [0.25, 0.3) is 0 Å². The summed E-state index contributed by atoms with van der Waals surface area (Å²) in [7, 11) is 0. The van der Waals surface area contributed by atoms with E-state index < -0.39 is 11.3 Å². The maximum Gasteiger partial charge on any atom is 0.338 e. The molecule has 1 atom stereocenters. The Hall–Kier alpha value is -1.31. The van der Waals surface area contributed by atoms with Crippen molar-refractivity contribution in [2.24, 2.45) is 20.5 Å². The number of azo groups is 1. The summed E-state index contributed by atoms with van der Waals surface area (Å²) in [6.45, 7) is 1.67. The minimum atomic E-state index is -0.799. The number of hydrogen-bond acceptors (Lipinski definition) is 5. The largest absolute Gasteiger partial charge is 0.338 e. The standard InChI is InChI=1S/C4H3N5/c1-3(2-5)4(7-6-3)8-9-4/h1H3. The van der Waals surface area contributed by atoms with Crippen LogP contribution in [-0.2, 0) is 0 Å². The van der Waals surface area contributed by atoms with E-state index >= 15 is 0 Å². The molecule has 1 unspecified atom stereocenters. The molecule has 0 aromatic rings. The van der Waals surface area contributed by atoms with Gasteiger partial charge in [-0.05, 0) is 6.92 Å². The molecule has 2 heterocycles. The predicted molar refractivity (Wildman–Crippen MR) is 26.5 cm³/mol. The molecular weight excluding hydrogens is 118 g/mol. The molecule has 2 aliphatic heterocycles. The Morgan fingerprint density at radius 2 is 1.78 bits per heavy atom. The van der Waals surface area contributed by atoms with Crippen LogP contribution >= 0.6 is 0 Å². The molecule has 44 valence electrons. The lowest BCUT2D eigenvalue weighted by Gasteiger charge is -2.25. The van der Waals surface area contributed by atoms with Crippen LogP contribution in [0, 0.1) is 11.3 Å². The van der Waals surface area contributed by atoms with Crippen molar-refractivity contribution in [1.29, 1.82) is 5.26 Å². The van der Waals surface area contributed by atoms with E-state index in [0.717, 1.165) is 0 Å². The van der Waals surface area contributed by atoms with E-state index in [-0.39, 0.29) is 0 Å². The Morgan fingerprint density at radius 3 is 1.89 bits per heavy atom. The average molecular weight is 121 g/mol. The summed E-state index contributed by atoms with van der Waals surface area (Å²) in [5.74, 6) is -0.776. The minimum Gasteiger partial charge on any atom is -0.195 e. The molecule has 0 aromatic carbocycles. The molecule has 0 radical (unpaired) electrons. The highest BCUT2D eigenvalue weighted by Gasteiger charge is 2.65. The lowest BCUT2D eigenvalue weighted by molar-refractivity contribution is 0.300. The summed E-state index contributed by atoms with van der Waals surface area (Å²) in [4.78, 5) is 0. The fourth-order valence-electron chi connectivity index (χ4n) is 0.669. The second-order valence-electron chi connectivity index (χ2n) is 2.22. The van der Waals surface area contributed by atoms with E-state index in [2.05, 4.69) is 20.5 Å². The maximum atomic E-state index is 8.50. The first-order chi connectivity index (χ1) is 4.22. The summed E-state index contributed by atoms with van der Waals surface area (Å²) in [6.07, 6.45) is 0. The van der Waals surface area contributed by atoms with Crippen molar-refractivity contribution in [3.8, 4) is 6.07 Å². The molecule has 0 fully saturated rings. The van der Waals surface area contributed by atoms with Gasteiger partial charge in [0.05, 0.1) is 0 Å². The monoisotopic (exact) mass is 121 g/mol. The zero-order chi connectivity index (χ0) is 6.54. The zero-order valence-corrected chi connectivity index (χ0v) is 4.74. The van der Waals surface area contributed by atoms with Gasteiger partial charge in [0.1, 0.15) is 6.07 Å². The third-order valence-corrected chi connectivity index (χ3v) is 1.55. The number of nitriles is 1. The van der Waals surface area contributed by atoms with E-state index in [4.69, 9.17) is 5.26 Å². The van der Waals surface area contributed by atoms with Gasteiger partial charge < -0.3 is 0 Å². The third-order valence-electron chi connectivity index (χ3n) is 1.55. The van der Waals surface area contributed by atoms with Crippen LogP contribution in [0.15, 0.2) is 20.5 Å². The Labute approximate surface area is 51.1 Å². The van der Waals surface area contributed by atoms with Crippen molar-refractivity contribution < 1.29 is 0 Å². The molecule has 0 aliphatic carbocycles. The van der Waals surface area contributed by atoms with Gasteiger partial charge in [-0.25, -0.2) is 0 Å². The number of rotatable bonds is 0. The van der Waals surface area contributed by atoms with Gasteiger partial charge in [-0.3, -0.25) is 0 Å². The molecule has 0 amide bonds. The topological polar surface area (TPSA) is 73.2 Å². The van der Waals surface area contributed by atoms with E-state index in [1.54, 1.807) is 6.92 Å². The normalized spacial score (nSPS) is 40.0. The summed E-state index contributed by atoms with van der Waals surface area (Å²) < 4.78 is 0. The quantitative estimate of drug-likeness (QED) is 0.468. The van der Waals surface area contributed by atoms with Gasteiger partial charge in [0, 0.05) is 0 Å². The summed E-state index contributed by atoms with van der Waals surface area (Å²) in [5, 5.41) is 22.9. The summed E-state index contributed by atoms with van der Waals surface area (Å²) >= 11 is 0. The van der Waals surface area contributed by atoms with Crippen LogP contribution in [0.2, 0.25) is 0 Å². The Balaban J connectivity index is 2.39. The molecule has 2 aliphatic rings. The van der Waals surface area contributed by atoms with Gasteiger partial charge >= 0.3 is 5.79 Å². The second-order valence-corrected chi connectivity index (χ2v) is 2.22. The fraction of sp³-hybridized carbons (Fsp3) is 0.750. The molecule has 0 bridgehead atoms. The van der Waals surface area contributed by atoms with Crippen LogP contribution in [0.3, 0.4) is 0 Å². The zero-order valence-electron chi connectivity index (χ0n) is 4.74. The molecule has 0 saturated carbocycles. The molecular formula is C4H3N5. The Morgan fingerprint density at radius 1 is 1.22 bits per heavy atom. The predicted octanol–water partition coefficient (Wildman–Crippen LogP) is 0.854. The molecule has 1 spiro atoms.